The Morgan fingerprint density at radius 3 is 1.71 bits per heavy atom. The molecule has 0 aromatic rings. The number of hydrogen-bond acceptors (Lipinski definition) is 3. The van der Waals surface area contributed by atoms with Gasteiger partial charge in [-0.3, -0.25) is 0 Å². The molecule has 0 amide bonds. The van der Waals surface area contributed by atoms with Crippen molar-refractivity contribution in [3.05, 3.63) is 11.6 Å². The first-order valence-corrected chi connectivity index (χ1v) is 6.10. The molecule has 0 saturated carbocycles. The molecule has 17 heavy (non-hydrogen) atoms. The van der Waals surface area contributed by atoms with Crippen molar-refractivity contribution in [2.24, 2.45) is 0 Å². The van der Waals surface area contributed by atoms with E-state index >= 15 is 0 Å². The number of methoxy groups -OCH3 is 2. The average Bonchev–Trinajstić information content (AvgIpc) is 2.30. The molecule has 1 rings (SSSR count). The minimum Gasteiger partial charge on any atom is -0.377 e. The van der Waals surface area contributed by atoms with E-state index < -0.39 is 0 Å². The molecule has 3 heteroatoms. The fourth-order valence-corrected chi connectivity index (χ4v) is 1.11. The molecule has 0 bridgehead atoms. The molecule has 0 unspecified atom stereocenters. The lowest BCUT2D eigenvalue weighted by Gasteiger charge is -2.38. The van der Waals surface area contributed by atoms with Gasteiger partial charge in [-0.1, -0.05) is 11.6 Å². The van der Waals surface area contributed by atoms with Crippen LogP contribution in [0.3, 0.4) is 0 Å². The predicted molar refractivity (Wildman–Crippen MR) is 71.4 cm³/mol. The molecule has 102 valence electrons. The highest BCUT2D eigenvalue weighted by Crippen LogP contribution is 2.27. The van der Waals surface area contributed by atoms with E-state index in [9.17, 15) is 0 Å². The van der Waals surface area contributed by atoms with E-state index in [0.29, 0.717) is 0 Å². The van der Waals surface area contributed by atoms with Crippen LogP contribution >= 0.6 is 0 Å². The van der Waals surface area contributed by atoms with Crippen molar-refractivity contribution in [2.75, 3.05) is 27.4 Å². The average molecular weight is 244 g/mol. The van der Waals surface area contributed by atoms with Gasteiger partial charge in [0.25, 0.3) is 0 Å². The van der Waals surface area contributed by atoms with Gasteiger partial charge in [0.15, 0.2) is 0 Å². The van der Waals surface area contributed by atoms with Gasteiger partial charge < -0.3 is 14.2 Å². The van der Waals surface area contributed by atoms with E-state index in [2.05, 4.69) is 13.0 Å². The molecule has 1 aliphatic heterocycles. The molecule has 0 N–H and O–H groups in total. The molecule has 0 radical (unpaired) electrons. The van der Waals surface area contributed by atoms with Crippen LogP contribution in [0.2, 0.25) is 0 Å². The number of rotatable bonds is 3. The van der Waals surface area contributed by atoms with Gasteiger partial charge in [0.05, 0.1) is 24.4 Å². The zero-order chi connectivity index (χ0) is 13.5. The summed E-state index contributed by atoms with van der Waals surface area (Å²) in [4.78, 5) is 0. The molecular weight excluding hydrogens is 216 g/mol. The van der Waals surface area contributed by atoms with Crippen LogP contribution < -0.4 is 0 Å². The van der Waals surface area contributed by atoms with E-state index in [-0.39, 0.29) is 11.2 Å². The van der Waals surface area contributed by atoms with Gasteiger partial charge in [-0.25, -0.2) is 0 Å². The van der Waals surface area contributed by atoms with E-state index in [4.69, 9.17) is 14.2 Å². The quantitative estimate of drug-likeness (QED) is 0.714. The van der Waals surface area contributed by atoms with Crippen LogP contribution in [0.25, 0.3) is 0 Å². The third-order valence-electron chi connectivity index (χ3n) is 3.66. The molecule has 0 atom stereocenters. The molecule has 0 aromatic carbocycles. The van der Waals surface area contributed by atoms with Crippen molar-refractivity contribution in [1.82, 2.24) is 0 Å². The van der Waals surface area contributed by atoms with Gasteiger partial charge in [-0.15, -0.1) is 0 Å². The fourth-order valence-electron chi connectivity index (χ4n) is 1.11. The Kier molecular flexibility index (Phi) is 6.98. The summed E-state index contributed by atoms with van der Waals surface area (Å²) in [6, 6.07) is 0. The smallest absolute Gasteiger partial charge is 0.0905 e. The van der Waals surface area contributed by atoms with Crippen molar-refractivity contribution >= 4 is 0 Å². The molecule has 0 aromatic heterocycles. The van der Waals surface area contributed by atoms with Crippen LogP contribution in [0.1, 0.15) is 41.0 Å². The Hall–Kier alpha value is -0.380. The zero-order valence-corrected chi connectivity index (χ0v) is 12.4. The third kappa shape index (κ3) is 5.66. The lowest BCUT2D eigenvalue weighted by atomic mass is 9.89. The summed E-state index contributed by atoms with van der Waals surface area (Å²) in [6.07, 6.45) is 3.25. The summed E-state index contributed by atoms with van der Waals surface area (Å²) in [5.74, 6) is 0. The van der Waals surface area contributed by atoms with Gasteiger partial charge in [-0.05, 0) is 41.0 Å². The largest absolute Gasteiger partial charge is 0.377 e. The molecule has 0 fully saturated rings. The van der Waals surface area contributed by atoms with E-state index in [1.807, 2.05) is 27.7 Å². The Bertz CT molecular complexity index is 228. The Labute approximate surface area is 106 Å². The summed E-state index contributed by atoms with van der Waals surface area (Å²) in [7, 11) is 3.39. The van der Waals surface area contributed by atoms with Crippen LogP contribution in [-0.2, 0) is 14.2 Å². The second-order valence-corrected chi connectivity index (χ2v) is 5.30. The lowest BCUT2D eigenvalue weighted by Crippen LogP contribution is -2.48. The van der Waals surface area contributed by atoms with Gasteiger partial charge in [-0.2, -0.15) is 0 Å². The highest BCUT2D eigenvalue weighted by Gasteiger charge is 2.36. The lowest BCUT2D eigenvalue weighted by molar-refractivity contribution is -0.147. The molecular formula is C14H28O3. The third-order valence-corrected chi connectivity index (χ3v) is 3.66. The topological polar surface area (TPSA) is 27.7 Å². The summed E-state index contributed by atoms with van der Waals surface area (Å²) < 4.78 is 15.6. The second kappa shape index (κ2) is 7.14. The van der Waals surface area contributed by atoms with Crippen LogP contribution in [0.4, 0.5) is 0 Å². The monoisotopic (exact) mass is 244 g/mol. The highest BCUT2D eigenvalue weighted by atomic mass is 16.5. The maximum absolute atomic E-state index is 5.27. The Morgan fingerprint density at radius 2 is 1.53 bits per heavy atom. The van der Waals surface area contributed by atoms with E-state index in [1.165, 1.54) is 5.57 Å². The summed E-state index contributed by atoms with van der Waals surface area (Å²) in [5.41, 5.74) is 0.995. The first kappa shape index (κ1) is 16.6. The first-order chi connectivity index (χ1) is 7.77. The Balaban J connectivity index is 0.000000318. The minimum absolute atomic E-state index is 0.234. The van der Waals surface area contributed by atoms with Crippen molar-refractivity contribution < 1.29 is 14.2 Å². The maximum atomic E-state index is 5.27. The summed E-state index contributed by atoms with van der Waals surface area (Å²) >= 11 is 0. The maximum Gasteiger partial charge on any atom is 0.0905 e. The van der Waals surface area contributed by atoms with Crippen molar-refractivity contribution in [3.8, 4) is 0 Å². The van der Waals surface area contributed by atoms with Gasteiger partial charge in [0.2, 0.25) is 0 Å². The fraction of sp³-hybridized carbons (Fsp3) is 0.857. The summed E-state index contributed by atoms with van der Waals surface area (Å²) in [6.45, 7) is 11.9. The molecule has 0 saturated heterocycles. The van der Waals surface area contributed by atoms with Gasteiger partial charge >= 0.3 is 0 Å². The molecule has 0 aliphatic carbocycles. The molecule has 1 aliphatic rings. The predicted octanol–water partition coefficient (Wildman–Crippen LogP) is 3.19. The standard InChI is InChI=1S/C8H18O2.C6H10O/c1-7(2,9-5)8(3,4)10-6;1-6-2-4-7-5-3-6/h1-6H3;2H,3-5H2,1H3. The molecule has 3 nitrogen and oxygen atoms in total. The van der Waals surface area contributed by atoms with E-state index in [0.717, 1.165) is 19.6 Å². The van der Waals surface area contributed by atoms with Crippen LogP contribution in [-0.4, -0.2) is 38.6 Å². The van der Waals surface area contributed by atoms with E-state index in [1.54, 1.807) is 14.2 Å². The van der Waals surface area contributed by atoms with Crippen LogP contribution in [0, 0.1) is 0 Å². The van der Waals surface area contributed by atoms with Gasteiger partial charge in [0, 0.05) is 14.2 Å². The summed E-state index contributed by atoms with van der Waals surface area (Å²) in [5, 5.41) is 0. The first-order valence-electron chi connectivity index (χ1n) is 6.10. The number of ether oxygens (including phenoxy) is 3. The number of hydrogen-bond donors (Lipinski definition) is 0. The van der Waals surface area contributed by atoms with Gasteiger partial charge in [0.1, 0.15) is 0 Å². The van der Waals surface area contributed by atoms with Crippen LogP contribution in [0.15, 0.2) is 11.6 Å². The SMILES string of the molecule is CC1=CCOCC1.COC(C)(C)C(C)(C)OC. The Morgan fingerprint density at radius 1 is 1.06 bits per heavy atom. The highest BCUT2D eigenvalue weighted by molar-refractivity contribution is 4.99. The minimum atomic E-state index is -0.234. The second-order valence-electron chi connectivity index (χ2n) is 5.30. The molecule has 0 spiro atoms. The molecule has 1 heterocycles. The zero-order valence-electron chi connectivity index (χ0n) is 12.4. The van der Waals surface area contributed by atoms with Crippen molar-refractivity contribution in [3.63, 3.8) is 0 Å². The van der Waals surface area contributed by atoms with Crippen LogP contribution in [0.5, 0.6) is 0 Å². The van der Waals surface area contributed by atoms with Crippen molar-refractivity contribution in [1.29, 1.82) is 0 Å². The van der Waals surface area contributed by atoms with Crippen molar-refractivity contribution in [2.45, 2.75) is 52.2 Å². The normalized spacial score (nSPS) is 17.0.